The van der Waals surface area contributed by atoms with Gasteiger partial charge < -0.3 is 16.4 Å². The first kappa shape index (κ1) is 15.0. The number of primary amides is 1. The number of nitrogens with two attached hydrogens (primary N) is 1. The summed E-state index contributed by atoms with van der Waals surface area (Å²) in [4.78, 5) is 22.4. The first-order valence-corrected chi connectivity index (χ1v) is 6.58. The van der Waals surface area contributed by atoms with E-state index in [4.69, 9.17) is 5.73 Å². The summed E-state index contributed by atoms with van der Waals surface area (Å²) >= 11 is 0. The molecule has 0 spiro atoms. The van der Waals surface area contributed by atoms with Gasteiger partial charge in [0.2, 0.25) is 0 Å². The topological polar surface area (TPSA) is 84.2 Å². The van der Waals surface area contributed by atoms with E-state index in [1.807, 2.05) is 0 Å². The predicted molar refractivity (Wildman–Crippen MR) is 76.1 cm³/mol. The Morgan fingerprint density at radius 2 is 1.79 bits per heavy atom. The number of nitrogens with one attached hydrogen (secondary N) is 2. The van der Waals surface area contributed by atoms with Crippen molar-refractivity contribution in [3.05, 3.63) is 29.8 Å². The highest BCUT2D eigenvalue weighted by atomic mass is 16.2. The molecule has 5 heteroatoms. The van der Waals surface area contributed by atoms with Crippen molar-refractivity contribution in [2.75, 3.05) is 11.9 Å². The van der Waals surface area contributed by atoms with Crippen LogP contribution in [-0.4, -0.2) is 18.5 Å². The van der Waals surface area contributed by atoms with E-state index in [9.17, 15) is 9.59 Å². The summed E-state index contributed by atoms with van der Waals surface area (Å²) in [6.45, 7) is 2.85. The second kappa shape index (κ2) is 8.13. The molecule has 0 saturated carbocycles. The van der Waals surface area contributed by atoms with Crippen LogP contribution in [0.3, 0.4) is 0 Å². The maximum atomic E-state index is 11.8. The second-order valence-corrected chi connectivity index (χ2v) is 4.38. The number of rotatable bonds is 7. The van der Waals surface area contributed by atoms with Crippen LogP contribution in [0.5, 0.6) is 0 Å². The third-order valence-electron chi connectivity index (χ3n) is 2.73. The number of unbranched alkanes of at least 4 members (excludes halogenated alkanes) is 3. The van der Waals surface area contributed by atoms with Crippen molar-refractivity contribution in [2.24, 2.45) is 5.73 Å². The lowest BCUT2D eigenvalue weighted by Crippen LogP contribution is -2.24. The van der Waals surface area contributed by atoms with Gasteiger partial charge in [-0.3, -0.25) is 4.79 Å². The van der Waals surface area contributed by atoms with Gasteiger partial charge in [-0.25, -0.2) is 4.79 Å². The lowest BCUT2D eigenvalue weighted by atomic mass is 10.2. The van der Waals surface area contributed by atoms with E-state index in [0.717, 1.165) is 12.8 Å². The van der Waals surface area contributed by atoms with E-state index in [-0.39, 0.29) is 5.91 Å². The summed E-state index contributed by atoms with van der Waals surface area (Å²) in [5.41, 5.74) is 6.15. The number of carbonyl (C=O) groups excluding carboxylic acids is 2. The molecule has 0 atom stereocenters. The summed E-state index contributed by atoms with van der Waals surface area (Å²) in [6, 6.07) is 6.00. The van der Waals surface area contributed by atoms with Crippen molar-refractivity contribution in [3.8, 4) is 0 Å². The molecular weight excluding hydrogens is 242 g/mol. The lowest BCUT2D eigenvalue weighted by Gasteiger charge is -2.06. The van der Waals surface area contributed by atoms with E-state index in [0.29, 0.717) is 17.8 Å². The van der Waals surface area contributed by atoms with Crippen molar-refractivity contribution in [1.82, 2.24) is 5.32 Å². The van der Waals surface area contributed by atoms with Crippen LogP contribution >= 0.6 is 0 Å². The molecule has 4 N–H and O–H groups in total. The molecule has 104 valence electrons. The quantitative estimate of drug-likeness (QED) is 0.660. The number of hydrogen-bond acceptors (Lipinski definition) is 2. The summed E-state index contributed by atoms with van der Waals surface area (Å²) in [5.74, 6) is -0.0953. The predicted octanol–water partition coefficient (Wildman–Crippen LogP) is 2.49. The van der Waals surface area contributed by atoms with Gasteiger partial charge in [0.15, 0.2) is 0 Å². The molecule has 1 rings (SSSR count). The molecule has 0 saturated heterocycles. The fraction of sp³-hybridized carbons (Fsp3) is 0.429. The van der Waals surface area contributed by atoms with Gasteiger partial charge in [0, 0.05) is 17.8 Å². The zero-order valence-corrected chi connectivity index (χ0v) is 11.2. The smallest absolute Gasteiger partial charge is 0.316 e. The lowest BCUT2D eigenvalue weighted by molar-refractivity contribution is 0.0953. The fourth-order valence-electron chi connectivity index (χ4n) is 1.70. The molecule has 1 aromatic rings. The summed E-state index contributed by atoms with van der Waals surface area (Å²) < 4.78 is 0. The van der Waals surface area contributed by atoms with E-state index in [2.05, 4.69) is 17.6 Å². The van der Waals surface area contributed by atoms with Gasteiger partial charge in [0.25, 0.3) is 5.91 Å². The van der Waals surface area contributed by atoms with Crippen molar-refractivity contribution in [3.63, 3.8) is 0 Å². The Morgan fingerprint density at radius 3 is 2.37 bits per heavy atom. The van der Waals surface area contributed by atoms with Crippen LogP contribution in [0.25, 0.3) is 0 Å². The first-order valence-electron chi connectivity index (χ1n) is 6.58. The molecule has 0 aliphatic heterocycles. The summed E-state index contributed by atoms with van der Waals surface area (Å²) in [5, 5.41) is 5.31. The largest absolute Gasteiger partial charge is 0.352 e. The van der Waals surface area contributed by atoms with Crippen LogP contribution in [0.1, 0.15) is 43.0 Å². The highest BCUT2D eigenvalue weighted by Crippen LogP contribution is 2.09. The second-order valence-electron chi connectivity index (χ2n) is 4.38. The summed E-state index contributed by atoms with van der Waals surface area (Å²) in [6.07, 6.45) is 4.52. The molecular formula is C14H21N3O2. The van der Waals surface area contributed by atoms with Gasteiger partial charge in [-0.2, -0.15) is 0 Å². The number of carbonyl (C=O) groups is 2. The molecule has 0 heterocycles. The van der Waals surface area contributed by atoms with Gasteiger partial charge in [0.1, 0.15) is 0 Å². The minimum atomic E-state index is -0.617. The van der Waals surface area contributed by atoms with Crippen LogP contribution in [-0.2, 0) is 0 Å². The maximum absolute atomic E-state index is 11.8. The van der Waals surface area contributed by atoms with Gasteiger partial charge in [-0.1, -0.05) is 26.2 Å². The normalized spacial score (nSPS) is 9.95. The van der Waals surface area contributed by atoms with Crippen molar-refractivity contribution >= 4 is 17.6 Å². The number of urea groups is 1. The first-order chi connectivity index (χ1) is 9.13. The minimum Gasteiger partial charge on any atom is -0.352 e. The molecule has 0 aliphatic carbocycles. The van der Waals surface area contributed by atoms with E-state index >= 15 is 0 Å². The van der Waals surface area contributed by atoms with Crippen LogP contribution in [0.2, 0.25) is 0 Å². The number of benzene rings is 1. The molecule has 0 aromatic heterocycles. The average molecular weight is 263 g/mol. The Kier molecular flexibility index (Phi) is 6.43. The molecule has 3 amide bonds. The Bertz CT molecular complexity index is 415. The number of hydrogen-bond donors (Lipinski definition) is 3. The van der Waals surface area contributed by atoms with Gasteiger partial charge in [-0.05, 0) is 30.7 Å². The molecule has 1 aromatic carbocycles. The molecule has 19 heavy (non-hydrogen) atoms. The summed E-state index contributed by atoms with van der Waals surface area (Å²) in [7, 11) is 0. The van der Waals surface area contributed by atoms with Gasteiger partial charge in [0.05, 0.1) is 0 Å². The fourth-order valence-corrected chi connectivity index (χ4v) is 1.70. The van der Waals surface area contributed by atoms with Crippen LogP contribution < -0.4 is 16.4 Å². The molecule has 0 bridgehead atoms. The highest BCUT2D eigenvalue weighted by molar-refractivity contribution is 5.95. The Balaban J connectivity index is 2.38. The third-order valence-corrected chi connectivity index (χ3v) is 2.73. The van der Waals surface area contributed by atoms with E-state index in [1.54, 1.807) is 24.3 Å². The zero-order chi connectivity index (χ0) is 14.1. The van der Waals surface area contributed by atoms with Crippen molar-refractivity contribution < 1.29 is 9.59 Å². The van der Waals surface area contributed by atoms with Gasteiger partial charge >= 0.3 is 6.03 Å². The zero-order valence-electron chi connectivity index (χ0n) is 11.2. The monoisotopic (exact) mass is 263 g/mol. The molecule has 0 fully saturated rings. The SMILES string of the molecule is CCCCCCNC(=O)c1ccc(NC(N)=O)cc1. The van der Waals surface area contributed by atoms with Crippen molar-refractivity contribution in [1.29, 1.82) is 0 Å². The molecule has 0 aliphatic rings. The highest BCUT2D eigenvalue weighted by Gasteiger charge is 2.04. The number of anilines is 1. The Morgan fingerprint density at radius 1 is 1.11 bits per heavy atom. The van der Waals surface area contributed by atoms with Crippen LogP contribution in [0.4, 0.5) is 10.5 Å². The molecule has 5 nitrogen and oxygen atoms in total. The molecule has 0 unspecified atom stereocenters. The Labute approximate surface area is 113 Å². The van der Waals surface area contributed by atoms with Gasteiger partial charge in [-0.15, -0.1) is 0 Å². The Hall–Kier alpha value is -2.04. The van der Waals surface area contributed by atoms with Crippen LogP contribution in [0, 0.1) is 0 Å². The van der Waals surface area contributed by atoms with Crippen LogP contribution in [0.15, 0.2) is 24.3 Å². The van der Waals surface area contributed by atoms with Crippen molar-refractivity contribution in [2.45, 2.75) is 32.6 Å². The van der Waals surface area contributed by atoms with E-state index in [1.165, 1.54) is 12.8 Å². The molecule has 0 radical (unpaired) electrons. The standard InChI is InChI=1S/C14H21N3O2/c1-2-3-4-5-10-16-13(18)11-6-8-12(9-7-11)17-14(15)19/h6-9H,2-5,10H2,1H3,(H,16,18)(H3,15,17,19). The van der Waals surface area contributed by atoms with E-state index < -0.39 is 6.03 Å². The maximum Gasteiger partial charge on any atom is 0.316 e. The minimum absolute atomic E-state index is 0.0953. The number of amides is 3. The average Bonchev–Trinajstić information content (AvgIpc) is 2.38. The third kappa shape index (κ3) is 5.90.